The summed E-state index contributed by atoms with van der Waals surface area (Å²) >= 11 is 5.84. The molecule has 0 spiro atoms. The standard InChI is InChI=1S/C15H21ClN2O2/c1-11(2)10-18(12(3)19)8-7-17-15(20)13-5-4-6-14(16)9-13/h4-6,9,11H,7-8,10H2,1-3H3,(H,17,20). The summed E-state index contributed by atoms with van der Waals surface area (Å²) in [4.78, 5) is 25.1. The van der Waals surface area contributed by atoms with Crippen molar-refractivity contribution in [2.24, 2.45) is 5.92 Å². The Hall–Kier alpha value is -1.55. The summed E-state index contributed by atoms with van der Waals surface area (Å²) in [5.74, 6) is 0.249. The largest absolute Gasteiger partial charge is 0.350 e. The molecule has 0 aromatic heterocycles. The smallest absolute Gasteiger partial charge is 0.251 e. The van der Waals surface area contributed by atoms with Gasteiger partial charge >= 0.3 is 0 Å². The Morgan fingerprint density at radius 3 is 2.60 bits per heavy atom. The molecule has 1 N–H and O–H groups in total. The molecule has 0 aliphatic carbocycles. The Labute approximate surface area is 125 Å². The summed E-state index contributed by atoms with van der Waals surface area (Å²) in [6, 6.07) is 6.78. The van der Waals surface area contributed by atoms with Crippen molar-refractivity contribution >= 4 is 23.4 Å². The number of nitrogens with zero attached hydrogens (tertiary/aromatic N) is 1. The van der Waals surface area contributed by atoms with Crippen molar-refractivity contribution in [2.75, 3.05) is 19.6 Å². The number of carbonyl (C=O) groups excluding carboxylic acids is 2. The number of rotatable bonds is 6. The van der Waals surface area contributed by atoms with Crippen molar-refractivity contribution in [1.82, 2.24) is 10.2 Å². The van der Waals surface area contributed by atoms with Crippen LogP contribution < -0.4 is 5.32 Å². The molecule has 5 heteroatoms. The fourth-order valence-corrected chi connectivity index (χ4v) is 2.04. The van der Waals surface area contributed by atoms with Crippen LogP contribution in [0.1, 0.15) is 31.1 Å². The number of amides is 2. The number of halogens is 1. The van der Waals surface area contributed by atoms with E-state index in [0.717, 1.165) is 0 Å². The molecule has 1 aromatic carbocycles. The lowest BCUT2D eigenvalue weighted by Crippen LogP contribution is -2.39. The molecule has 2 amide bonds. The van der Waals surface area contributed by atoms with Crippen LogP contribution in [0.4, 0.5) is 0 Å². The minimum absolute atomic E-state index is 0.0238. The highest BCUT2D eigenvalue weighted by atomic mass is 35.5. The molecule has 0 aliphatic heterocycles. The number of carbonyl (C=O) groups is 2. The van der Waals surface area contributed by atoms with Crippen molar-refractivity contribution < 1.29 is 9.59 Å². The molecule has 0 radical (unpaired) electrons. The highest BCUT2D eigenvalue weighted by molar-refractivity contribution is 6.30. The third-order valence-electron chi connectivity index (χ3n) is 2.78. The van der Waals surface area contributed by atoms with E-state index in [0.29, 0.717) is 36.1 Å². The van der Waals surface area contributed by atoms with Crippen LogP contribution in [0.3, 0.4) is 0 Å². The number of hydrogen-bond donors (Lipinski definition) is 1. The van der Waals surface area contributed by atoms with Gasteiger partial charge in [0.15, 0.2) is 0 Å². The van der Waals surface area contributed by atoms with E-state index in [1.54, 1.807) is 36.1 Å². The molecular formula is C15H21ClN2O2. The van der Waals surface area contributed by atoms with Crippen LogP contribution in [-0.2, 0) is 4.79 Å². The zero-order chi connectivity index (χ0) is 15.1. The summed E-state index contributed by atoms with van der Waals surface area (Å²) in [7, 11) is 0. The monoisotopic (exact) mass is 296 g/mol. The third-order valence-corrected chi connectivity index (χ3v) is 3.02. The van der Waals surface area contributed by atoms with Crippen molar-refractivity contribution in [3.63, 3.8) is 0 Å². The molecule has 0 saturated heterocycles. The normalized spacial score (nSPS) is 10.4. The molecule has 0 saturated carbocycles. The van der Waals surface area contributed by atoms with Crippen LogP contribution in [0.15, 0.2) is 24.3 Å². The van der Waals surface area contributed by atoms with Gasteiger partial charge in [-0.05, 0) is 24.1 Å². The summed E-state index contributed by atoms with van der Waals surface area (Å²) < 4.78 is 0. The van der Waals surface area contributed by atoms with Gasteiger partial charge in [-0.2, -0.15) is 0 Å². The van der Waals surface area contributed by atoms with E-state index < -0.39 is 0 Å². The lowest BCUT2D eigenvalue weighted by molar-refractivity contribution is -0.129. The van der Waals surface area contributed by atoms with Gasteiger partial charge in [-0.3, -0.25) is 9.59 Å². The summed E-state index contributed by atoms with van der Waals surface area (Å²) in [6.07, 6.45) is 0. The highest BCUT2D eigenvalue weighted by Gasteiger charge is 2.11. The van der Waals surface area contributed by atoms with Crippen molar-refractivity contribution in [2.45, 2.75) is 20.8 Å². The Kier molecular flexibility index (Phi) is 6.52. The fourth-order valence-electron chi connectivity index (χ4n) is 1.85. The van der Waals surface area contributed by atoms with Crippen LogP contribution in [-0.4, -0.2) is 36.3 Å². The molecule has 20 heavy (non-hydrogen) atoms. The maximum atomic E-state index is 11.9. The molecule has 4 nitrogen and oxygen atoms in total. The van der Waals surface area contributed by atoms with Gasteiger partial charge in [-0.25, -0.2) is 0 Å². The molecule has 1 rings (SSSR count). The molecule has 110 valence electrons. The Bertz CT molecular complexity index is 475. The number of hydrogen-bond acceptors (Lipinski definition) is 2. The predicted molar refractivity (Wildman–Crippen MR) is 80.9 cm³/mol. The number of nitrogens with one attached hydrogen (secondary N) is 1. The molecular weight excluding hydrogens is 276 g/mol. The summed E-state index contributed by atoms with van der Waals surface area (Å²) in [6.45, 7) is 7.29. The first-order valence-electron chi connectivity index (χ1n) is 6.69. The lowest BCUT2D eigenvalue weighted by atomic mass is 10.2. The Balaban J connectivity index is 2.46. The SMILES string of the molecule is CC(=O)N(CCNC(=O)c1cccc(Cl)c1)CC(C)C. The fraction of sp³-hybridized carbons (Fsp3) is 0.467. The topological polar surface area (TPSA) is 49.4 Å². The van der Waals surface area contributed by atoms with Gasteiger partial charge in [0.25, 0.3) is 5.91 Å². The zero-order valence-corrected chi connectivity index (χ0v) is 12.9. The lowest BCUT2D eigenvalue weighted by Gasteiger charge is -2.23. The zero-order valence-electron chi connectivity index (χ0n) is 12.1. The van der Waals surface area contributed by atoms with E-state index in [4.69, 9.17) is 11.6 Å². The summed E-state index contributed by atoms with van der Waals surface area (Å²) in [5, 5.41) is 3.32. The van der Waals surface area contributed by atoms with E-state index in [-0.39, 0.29) is 11.8 Å². The molecule has 0 unspecified atom stereocenters. The van der Waals surface area contributed by atoms with Gasteiger partial charge in [-0.1, -0.05) is 31.5 Å². The molecule has 0 heterocycles. The van der Waals surface area contributed by atoms with Gasteiger partial charge in [0.2, 0.25) is 5.91 Å². The first-order chi connectivity index (χ1) is 9.40. The second-order valence-corrected chi connectivity index (χ2v) is 5.56. The molecule has 0 atom stereocenters. The van der Waals surface area contributed by atoms with Gasteiger partial charge in [0.1, 0.15) is 0 Å². The predicted octanol–water partition coefficient (Wildman–Crippen LogP) is 2.57. The first kappa shape index (κ1) is 16.5. The van der Waals surface area contributed by atoms with Crippen LogP contribution >= 0.6 is 11.6 Å². The van der Waals surface area contributed by atoms with Crippen molar-refractivity contribution in [1.29, 1.82) is 0 Å². The Morgan fingerprint density at radius 1 is 1.35 bits per heavy atom. The second kappa shape index (κ2) is 7.90. The molecule has 0 bridgehead atoms. The first-order valence-corrected chi connectivity index (χ1v) is 7.07. The minimum atomic E-state index is -0.180. The summed E-state index contributed by atoms with van der Waals surface area (Å²) in [5.41, 5.74) is 0.524. The third kappa shape index (κ3) is 5.61. The van der Waals surface area contributed by atoms with Crippen LogP contribution in [0.25, 0.3) is 0 Å². The van der Waals surface area contributed by atoms with Crippen molar-refractivity contribution in [3.8, 4) is 0 Å². The van der Waals surface area contributed by atoms with E-state index in [1.165, 1.54) is 0 Å². The minimum Gasteiger partial charge on any atom is -0.350 e. The average molecular weight is 297 g/mol. The van der Waals surface area contributed by atoms with Gasteiger partial charge in [-0.15, -0.1) is 0 Å². The van der Waals surface area contributed by atoms with E-state index in [9.17, 15) is 9.59 Å². The number of benzene rings is 1. The maximum Gasteiger partial charge on any atom is 0.251 e. The van der Waals surface area contributed by atoms with Gasteiger partial charge < -0.3 is 10.2 Å². The quantitative estimate of drug-likeness (QED) is 0.877. The highest BCUT2D eigenvalue weighted by Crippen LogP contribution is 2.10. The van der Waals surface area contributed by atoms with Crippen molar-refractivity contribution in [3.05, 3.63) is 34.9 Å². The average Bonchev–Trinajstić information content (AvgIpc) is 2.36. The van der Waals surface area contributed by atoms with Gasteiger partial charge in [0, 0.05) is 37.1 Å². The van der Waals surface area contributed by atoms with Crippen LogP contribution in [0, 0.1) is 5.92 Å². The van der Waals surface area contributed by atoms with Gasteiger partial charge in [0.05, 0.1) is 0 Å². The maximum absolute atomic E-state index is 11.9. The van der Waals surface area contributed by atoms with E-state index in [1.807, 2.05) is 0 Å². The van der Waals surface area contributed by atoms with Crippen LogP contribution in [0.2, 0.25) is 5.02 Å². The Morgan fingerprint density at radius 2 is 2.05 bits per heavy atom. The molecule has 1 aromatic rings. The van der Waals surface area contributed by atoms with E-state index >= 15 is 0 Å². The van der Waals surface area contributed by atoms with E-state index in [2.05, 4.69) is 19.2 Å². The molecule has 0 aliphatic rings. The molecule has 0 fully saturated rings. The van der Waals surface area contributed by atoms with Crippen LogP contribution in [0.5, 0.6) is 0 Å². The second-order valence-electron chi connectivity index (χ2n) is 5.13.